The SMILES string of the molecule is O=C(Nc1cccc2nn3c(C4CCN(C(=O)O)CC4)cc(=O)[nH]c3c12)c1ccc[n+](O)c1. The van der Waals surface area contributed by atoms with Gasteiger partial charge in [-0.1, -0.05) is 6.07 Å². The first-order chi connectivity index (χ1) is 15.9. The number of carboxylic acid groups (broad SMARTS) is 1. The average molecular weight is 449 g/mol. The maximum atomic E-state index is 12.7. The van der Waals surface area contributed by atoms with Crippen molar-refractivity contribution in [2.24, 2.45) is 0 Å². The zero-order chi connectivity index (χ0) is 23.1. The fourth-order valence-electron chi connectivity index (χ4n) is 4.34. The second-order valence-electron chi connectivity index (χ2n) is 7.99. The number of piperidine rings is 1. The molecule has 168 valence electrons. The van der Waals surface area contributed by atoms with E-state index >= 15 is 0 Å². The van der Waals surface area contributed by atoms with Crippen LogP contribution >= 0.6 is 0 Å². The van der Waals surface area contributed by atoms with Crippen LogP contribution in [0, 0.1) is 0 Å². The molecule has 4 heterocycles. The molecule has 5 rings (SSSR count). The molecule has 1 fully saturated rings. The molecule has 0 atom stereocenters. The number of aromatic amines is 1. The lowest BCUT2D eigenvalue weighted by Crippen LogP contribution is -2.37. The molecule has 1 aliphatic heterocycles. The van der Waals surface area contributed by atoms with Crippen LogP contribution in [0.1, 0.15) is 34.8 Å². The van der Waals surface area contributed by atoms with Crippen molar-refractivity contribution >= 4 is 34.2 Å². The highest BCUT2D eigenvalue weighted by Crippen LogP contribution is 2.31. The number of carbonyl (C=O) groups excluding carboxylic acids is 1. The van der Waals surface area contributed by atoms with Gasteiger partial charge in [-0.25, -0.2) is 9.31 Å². The van der Waals surface area contributed by atoms with Crippen molar-refractivity contribution < 1.29 is 24.6 Å². The van der Waals surface area contributed by atoms with E-state index in [1.807, 2.05) is 0 Å². The van der Waals surface area contributed by atoms with Gasteiger partial charge in [-0.15, -0.1) is 0 Å². The molecule has 0 aliphatic carbocycles. The van der Waals surface area contributed by atoms with Gasteiger partial charge in [0.25, 0.3) is 11.5 Å². The quantitative estimate of drug-likeness (QED) is 0.277. The highest BCUT2D eigenvalue weighted by molar-refractivity contribution is 6.11. The molecule has 11 nitrogen and oxygen atoms in total. The van der Waals surface area contributed by atoms with E-state index in [9.17, 15) is 24.7 Å². The monoisotopic (exact) mass is 449 g/mol. The molecular weight excluding hydrogens is 428 g/mol. The summed E-state index contributed by atoms with van der Waals surface area (Å²) in [5, 5.41) is 26.9. The highest BCUT2D eigenvalue weighted by Gasteiger charge is 2.26. The number of hydrogen-bond acceptors (Lipinski definition) is 5. The Kier molecular flexibility index (Phi) is 4.93. The minimum atomic E-state index is -0.945. The van der Waals surface area contributed by atoms with Gasteiger partial charge < -0.3 is 20.3 Å². The maximum Gasteiger partial charge on any atom is 0.407 e. The van der Waals surface area contributed by atoms with Crippen LogP contribution in [0.25, 0.3) is 16.6 Å². The standard InChI is InChI=1S/C22H20N6O5/c29-18-11-17(13-6-9-26(10-7-13)22(31)32)28-20(24-18)19-15(4-1-5-16(19)25-28)23-21(30)14-3-2-8-27(33)12-14/h1-5,8,11-13H,6-7,9-10H2,(H3-,23,24,25,29,30,31,32,33)/p+1. The summed E-state index contributed by atoms with van der Waals surface area (Å²) in [5.74, 6) is -0.452. The Labute approximate surface area is 186 Å². The molecule has 3 aromatic heterocycles. The number of H-pyrrole nitrogens is 1. The number of amides is 2. The van der Waals surface area contributed by atoms with Gasteiger partial charge in [0.05, 0.1) is 22.3 Å². The number of anilines is 1. The summed E-state index contributed by atoms with van der Waals surface area (Å²) in [6.45, 7) is 0.774. The van der Waals surface area contributed by atoms with E-state index in [1.54, 1.807) is 34.8 Å². The number of benzene rings is 1. The highest BCUT2D eigenvalue weighted by atomic mass is 16.5. The molecule has 11 heteroatoms. The molecular formula is C22H21N6O5+. The van der Waals surface area contributed by atoms with E-state index < -0.39 is 12.0 Å². The van der Waals surface area contributed by atoms with Gasteiger partial charge in [-0.2, -0.15) is 5.10 Å². The number of nitrogens with zero attached hydrogens (tertiary/aromatic N) is 4. The van der Waals surface area contributed by atoms with E-state index in [0.717, 1.165) is 4.73 Å². The van der Waals surface area contributed by atoms with Gasteiger partial charge in [-0.05, 0) is 31.0 Å². The van der Waals surface area contributed by atoms with Crippen LogP contribution in [0.2, 0.25) is 0 Å². The normalized spacial score (nSPS) is 14.6. The molecule has 1 aromatic carbocycles. The van der Waals surface area contributed by atoms with Crippen molar-refractivity contribution in [3.05, 3.63) is 70.4 Å². The van der Waals surface area contributed by atoms with Crippen molar-refractivity contribution in [2.75, 3.05) is 18.4 Å². The Morgan fingerprint density at radius 2 is 1.97 bits per heavy atom. The molecule has 1 aliphatic rings. The zero-order valence-electron chi connectivity index (χ0n) is 17.4. The molecule has 0 radical (unpaired) electrons. The molecule has 0 bridgehead atoms. The van der Waals surface area contributed by atoms with Crippen LogP contribution < -0.4 is 15.6 Å². The summed E-state index contributed by atoms with van der Waals surface area (Å²) in [6.07, 6.45) is 2.91. The number of aromatic nitrogens is 4. The zero-order valence-corrected chi connectivity index (χ0v) is 17.4. The first-order valence-electron chi connectivity index (χ1n) is 10.4. The van der Waals surface area contributed by atoms with Crippen LogP contribution in [-0.4, -0.2) is 54.9 Å². The molecule has 0 spiro atoms. The molecule has 4 N–H and O–H groups in total. The maximum absolute atomic E-state index is 12.7. The predicted octanol–water partition coefficient (Wildman–Crippen LogP) is 1.81. The van der Waals surface area contributed by atoms with Crippen molar-refractivity contribution in [3.63, 3.8) is 0 Å². The Morgan fingerprint density at radius 1 is 1.18 bits per heavy atom. The van der Waals surface area contributed by atoms with Crippen molar-refractivity contribution in [3.8, 4) is 0 Å². The van der Waals surface area contributed by atoms with Crippen LogP contribution in [0.5, 0.6) is 0 Å². The average Bonchev–Trinajstić information content (AvgIpc) is 3.18. The molecule has 0 unspecified atom stereocenters. The van der Waals surface area contributed by atoms with Crippen molar-refractivity contribution in [1.82, 2.24) is 19.5 Å². The van der Waals surface area contributed by atoms with Crippen LogP contribution in [-0.2, 0) is 0 Å². The predicted molar refractivity (Wildman–Crippen MR) is 117 cm³/mol. The number of rotatable bonds is 3. The summed E-state index contributed by atoms with van der Waals surface area (Å²) < 4.78 is 2.47. The fraction of sp³-hybridized carbons (Fsp3) is 0.227. The number of pyridine rings is 1. The number of fused-ring (bicyclic) bond motifs is 3. The minimum absolute atomic E-state index is 0.0259. The lowest BCUT2D eigenvalue weighted by atomic mass is 9.93. The van der Waals surface area contributed by atoms with E-state index in [-0.39, 0.29) is 17.0 Å². The van der Waals surface area contributed by atoms with Crippen molar-refractivity contribution in [1.29, 1.82) is 0 Å². The summed E-state index contributed by atoms with van der Waals surface area (Å²) in [6, 6.07) is 9.88. The molecule has 1 saturated heterocycles. The Hall–Kier alpha value is -4.41. The third kappa shape index (κ3) is 3.73. The van der Waals surface area contributed by atoms with Gasteiger partial charge in [0.2, 0.25) is 12.4 Å². The smallest absolute Gasteiger partial charge is 0.407 e. The molecule has 4 aromatic rings. The number of likely N-dealkylation sites (tertiary alicyclic amines) is 1. The molecule has 2 amide bonds. The van der Waals surface area contributed by atoms with Gasteiger partial charge >= 0.3 is 6.09 Å². The lowest BCUT2D eigenvalue weighted by Gasteiger charge is -2.30. The molecule has 0 saturated carbocycles. The number of nitrogens with one attached hydrogen (secondary N) is 2. The third-order valence-corrected chi connectivity index (χ3v) is 5.94. The second-order valence-corrected chi connectivity index (χ2v) is 7.99. The summed E-state index contributed by atoms with van der Waals surface area (Å²) in [7, 11) is 0. The summed E-state index contributed by atoms with van der Waals surface area (Å²) in [5.41, 5.74) is 2.17. The van der Waals surface area contributed by atoms with Gasteiger partial charge in [0.15, 0.2) is 0 Å². The second kappa shape index (κ2) is 7.93. The number of hydrogen-bond donors (Lipinski definition) is 4. The van der Waals surface area contributed by atoms with Gasteiger partial charge in [-0.3, -0.25) is 14.8 Å². The third-order valence-electron chi connectivity index (χ3n) is 5.94. The van der Waals surface area contributed by atoms with E-state index in [2.05, 4.69) is 15.4 Å². The largest absolute Gasteiger partial charge is 0.465 e. The van der Waals surface area contributed by atoms with Crippen LogP contribution in [0.4, 0.5) is 10.5 Å². The van der Waals surface area contributed by atoms with Crippen LogP contribution in [0.15, 0.2) is 53.6 Å². The summed E-state index contributed by atoms with van der Waals surface area (Å²) in [4.78, 5) is 40.7. The van der Waals surface area contributed by atoms with E-state index in [0.29, 0.717) is 53.9 Å². The Bertz CT molecular complexity index is 1450. The van der Waals surface area contributed by atoms with Gasteiger partial charge in [0.1, 0.15) is 11.2 Å². The Balaban J connectivity index is 1.56. The van der Waals surface area contributed by atoms with E-state index in [4.69, 9.17) is 0 Å². The molecule has 33 heavy (non-hydrogen) atoms. The lowest BCUT2D eigenvalue weighted by molar-refractivity contribution is -0.904. The Morgan fingerprint density at radius 3 is 2.70 bits per heavy atom. The summed E-state index contributed by atoms with van der Waals surface area (Å²) >= 11 is 0. The van der Waals surface area contributed by atoms with Crippen molar-refractivity contribution in [2.45, 2.75) is 18.8 Å². The first kappa shape index (κ1) is 20.5. The minimum Gasteiger partial charge on any atom is -0.465 e. The topological polar surface area (TPSA) is 144 Å². The fourth-order valence-corrected chi connectivity index (χ4v) is 4.34. The number of carbonyl (C=O) groups is 2. The van der Waals surface area contributed by atoms with Crippen LogP contribution in [0.3, 0.4) is 0 Å². The van der Waals surface area contributed by atoms with E-state index in [1.165, 1.54) is 23.4 Å². The first-order valence-corrected chi connectivity index (χ1v) is 10.4. The van der Waals surface area contributed by atoms with Gasteiger partial charge in [0, 0.05) is 35.9 Å².